The first kappa shape index (κ1) is 21.4. The number of rotatable bonds is 6. The van der Waals surface area contributed by atoms with Gasteiger partial charge in [-0.1, -0.05) is 23.7 Å². The number of benzene rings is 2. The second kappa shape index (κ2) is 8.37. The molecular weight excluding hydrogens is 426 g/mol. The molecule has 164 valence electrons. The summed E-state index contributed by atoms with van der Waals surface area (Å²) in [5, 5.41) is 33.1. The SMILES string of the molecule is O=C(O)C1(C(=O)O)Oc2cc3c(cc2O1)CC(NC[C@H](O)c1cccc(Cl)c1)CCC3. The lowest BCUT2D eigenvalue weighted by Crippen LogP contribution is -2.54. The van der Waals surface area contributed by atoms with E-state index >= 15 is 0 Å². The van der Waals surface area contributed by atoms with Gasteiger partial charge in [-0.15, -0.1) is 0 Å². The van der Waals surface area contributed by atoms with Gasteiger partial charge in [-0.3, -0.25) is 0 Å². The number of nitrogens with one attached hydrogen (secondary N) is 1. The normalized spacial score (nSPS) is 19.9. The van der Waals surface area contributed by atoms with Gasteiger partial charge in [-0.25, -0.2) is 9.59 Å². The molecular formula is C22H22ClNO7. The van der Waals surface area contributed by atoms with Gasteiger partial charge in [0.25, 0.3) is 0 Å². The van der Waals surface area contributed by atoms with Crippen molar-refractivity contribution in [1.82, 2.24) is 5.32 Å². The summed E-state index contributed by atoms with van der Waals surface area (Å²) in [5.41, 5.74) is 2.63. The van der Waals surface area contributed by atoms with E-state index in [0.29, 0.717) is 18.0 Å². The molecule has 1 aliphatic carbocycles. The number of hydrogen-bond donors (Lipinski definition) is 4. The number of aliphatic carboxylic acids is 2. The molecule has 0 saturated carbocycles. The highest BCUT2D eigenvalue weighted by Gasteiger charge is 2.57. The summed E-state index contributed by atoms with van der Waals surface area (Å²) in [4.78, 5) is 23.0. The van der Waals surface area contributed by atoms with Crippen LogP contribution in [0.3, 0.4) is 0 Å². The highest BCUT2D eigenvalue weighted by atomic mass is 35.5. The minimum absolute atomic E-state index is 0.0826. The predicted molar refractivity (Wildman–Crippen MR) is 111 cm³/mol. The Labute approximate surface area is 183 Å². The maximum atomic E-state index is 11.5. The Hall–Kier alpha value is -2.81. The van der Waals surface area contributed by atoms with Crippen molar-refractivity contribution in [1.29, 1.82) is 0 Å². The summed E-state index contributed by atoms with van der Waals surface area (Å²) in [6.45, 7) is 0.353. The van der Waals surface area contributed by atoms with Crippen molar-refractivity contribution in [2.24, 2.45) is 0 Å². The second-order valence-corrected chi connectivity index (χ2v) is 8.21. The smallest absolute Gasteiger partial charge is 0.453 e. The number of carbonyl (C=O) groups is 2. The molecule has 4 N–H and O–H groups in total. The number of aliphatic hydroxyl groups is 1. The van der Waals surface area contributed by atoms with Crippen LogP contribution in [0.5, 0.6) is 11.5 Å². The summed E-state index contributed by atoms with van der Waals surface area (Å²) in [6.07, 6.45) is 2.43. The quantitative estimate of drug-likeness (QED) is 0.393. The standard InChI is InChI=1S/C22H22ClNO7/c23-15-5-1-4-13(7-15)17(25)11-24-16-6-2-3-12-9-18-19(10-14(12)8-16)31-22(30-18,20(26)27)21(28)29/h1,4-5,7,9-10,16-17,24-25H,2-3,6,8,11H2,(H,26,27)(H,28,29)/t16?,17-/m0/s1. The molecule has 1 aliphatic heterocycles. The average Bonchev–Trinajstić information content (AvgIpc) is 3.00. The van der Waals surface area contributed by atoms with Crippen molar-refractivity contribution in [3.8, 4) is 11.5 Å². The van der Waals surface area contributed by atoms with E-state index in [0.717, 1.165) is 36.0 Å². The van der Waals surface area contributed by atoms with Crippen LogP contribution < -0.4 is 14.8 Å². The van der Waals surface area contributed by atoms with E-state index in [-0.39, 0.29) is 17.5 Å². The number of halogens is 1. The van der Waals surface area contributed by atoms with Crippen LogP contribution in [0.1, 0.15) is 35.6 Å². The molecule has 8 nitrogen and oxygen atoms in total. The highest BCUT2D eigenvalue weighted by molar-refractivity contribution is 6.30. The van der Waals surface area contributed by atoms with Crippen molar-refractivity contribution >= 4 is 23.5 Å². The van der Waals surface area contributed by atoms with Crippen LogP contribution in [0.15, 0.2) is 36.4 Å². The number of carboxylic acids is 2. The van der Waals surface area contributed by atoms with Gasteiger partial charge in [0.1, 0.15) is 0 Å². The molecule has 2 aliphatic rings. The van der Waals surface area contributed by atoms with Gasteiger partial charge in [0.05, 0.1) is 6.10 Å². The third kappa shape index (κ3) is 4.19. The molecule has 0 spiro atoms. The lowest BCUT2D eigenvalue weighted by atomic mass is 10.0. The average molecular weight is 448 g/mol. The zero-order chi connectivity index (χ0) is 22.2. The lowest BCUT2D eigenvalue weighted by Gasteiger charge is -2.20. The predicted octanol–water partition coefficient (Wildman–Crippen LogP) is 2.55. The minimum atomic E-state index is -2.76. The number of fused-ring (bicyclic) bond motifs is 2. The van der Waals surface area contributed by atoms with Crippen molar-refractivity contribution in [2.45, 2.75) is 43.6 Å². The molecule has 4 rings (SSSR count). The van der Waals surface area contributed by atoms with Crippen molar-refractivity contribution < 1.29 is 34.4 Å². The maximum absolute atomic E-state index is 11.5. The summed E-state index contributed by atoms with van der Waals surface area (Å²) >= 11 is 5.99. The number of aliphatic hydroxyl groups excluding tert-OH is 1. The third-order valence-corrected chi connectivity index (χ3v) is 5.87. The van der Waals surface area contributed by atoms with Crippen LogP contribution in [0, 0.1) is 0 Å². The van der Waals surface area contributed by atoms with Crippen molar-refractivity contribution in [3.63, 3.8) is 0 Å². The van der Waals surface area contributed by atoms with E-state index in [9.17, 15) is 24.9 Å². The summed E-state index contributed by atoms with van der Waals surface area (Å²) in [6, 6.07) is 10.5. The van der Waals surface area contributed by atoms with Crippen LogP contribution in [0.4, 0.5) is 0 Å². The first-order chi connectivity index (χ1) is 14.8. The third-order valence-electron chi connectivity index (χ3n) is 5.63. The number of aryl methyl sites for hydroxylation is 1. The minimum Gasteiger partial charge on any atom is -0.475 e. The van der Waals surface area contributed by atoms with Crippen molar-refractivity contribution in [3.05, 3.63) is 58.1 Å². The molecule has 0 bridgehead atoms. The fraction of sp³-hybridized carbons (Fsp3) is 0.364. The van der Waals surface area contributed by atoms with Crippen LogP contribution >= 0.6 is 11.6 Å². The van der Waals surface area contributed by atoms with Crippen LogP contribution in [-0.4, -0.2) is 45.6 Å². The topological polar surface area (TPSA) is 125 Å². The fourth-order valence-electron chi connectivity index (χ4n) is 4.01. The van der Waals surface area contributed by atoms with E-state index in [1.165, 1.54) is 0 Å². The Balaban J connectivity index is 1.48. The molecule has 2 aromatic rings. The zero-order valence-electron chi connectivity index (χ0n) is 16.5. The van der Waals surface area contributed by atoms with Gasteiger partial charge >= 0.3 is 17.7 Å². The van der Waals surface area contributed by atoms with Gasteiger partial charge < -0.3 is 30.1 Å². The largest absolute Gasteiger partial charge is 0.475 e. The lowest BCUT2D eigenvalue weighted by molar-refractivity contribution is -0.194. The molecule has 0 fully saturated rings. The molecule has 0 amide bonds. The Bertz CT molecular complexity index is 1010. The summed E-state index contributed by atoms with van der Waals surface area (Å²) < 4.78 is 10.4. The van der Waals surface area contributed by atoms with Crippen LogP contribution in [-0.2, 0) is 22.4 Å². The summed E-state index contributed by atoms with van der Waals surface area (Å²) in [7, 11) is 0. The Morgan fingerprint density at radius 1 is 1.13 bits per heavy atom. The molecule has 0 saturated heterocycles. The first-order valence-corrected chi connectivity index (χ1v) is 10.3. The highest BCUT2D eigenvalue weighted by Crippen LogP contribution is 2.43. The molecule has 1 unspecified atom stereocenters. The van der Waals surface area contributed by atoms with E-state index in [1.54, 1.807) is 30.3 Å². The fourth-order valence-corrected chi connectivity index (χ4v) is 4.21. The molecule has 9 heteroatoms. The van der Waals surface area contributed by atoms with Gasteiger partial charge in [0.2, 0.25) is 0 Å². The number of carboxylic acid groups (broad SMARTS) is 2. The zero-order valence-corrected chi connectivity index (χ0v) is 17.3. The summed E-state index contributed by atoms with van der Waals surface area (Å²) in [5.74, 6) is -5.99. The molecule has 1 heterocycles. The van der Waals surface area contributed by atoms with Crippen LogP contribution in [0.2, 0.25) is 5.02 Å². The molecule has 2 atom stereocenters. The number of hydrogen-bond acceptors (Lipinski definition) is 6. The number of ether oxygens (including phenoxy) is 2. The molecule has 31 heavy (non-hydrogen) atoms. The Kier molecular flexibility index (Phi) is 5.79. The van der Waals surface area contributed by atoms with Gasteiger partial charge in [-0.05, 0) is 66.6 Å². The Morgan fingerprint density at radius 3 is 2.45 bits per heavy atom. The monoisotopic (exact) mass is 447 g/mol. The first-order valence-electron chi connectivity index (χ1n) is 9.96. The van der Waals surface area contributed by atoms with E-state index in [4.69, 9.17) is 21.1 Å². The molecule has 2 aromatic carbocycles. The van der Waals surface area contributed by atoms with Gasteiger partial charge in [0.15, 0.2) is 11.5 Å². The van der Waals surface area contributed by atoms with Gasteiger partial charge in [-0.2, -0.15) is 0 Å². The second-order valence-electron chi connectivity index (χ2n) is 7.77. The Morgan fingerprint density at radius 2 is 1.81 bits per heavy atom. The molecule has 0 radical (unpaired) electrons. The van der Waals surface area contributed by atoms with Crippen LogP contribution in [0.25, 0.3) is 0 Å². The van der Waals surface area contributed by atoms with E-state index < -0.39 is 23.8 Å². The van der Waals surface area contributed by atoms with E-state index in [1.807, 2.05) is 6.07 Å². The molecule has 0 aromatic heterocycles. The van der Waals surface area contributed by atoms with Crippen molar-refractivity contribution in [2.75, 3.05) is 6.54 Å². The van der Waals surface area contributed by atoms with Gasteiger partial charge in [0, 0.05) is 17.6 Å². The van der Waals surface area contributed by atoms with E-state index in [2.05, 4.69) is 5.32 Å². The maximum Gasteiger partial charge on any atom is 0.453 e.